The van der Waals surface area contributed by atoms with Crippen LogP contribution in [-0.2, 0) is 4.79 Å². The fourth-order valence-corrected chi connectivity index (χ4v) is 4.39. The van der Waals surface area contributed by atoms with Gasteiger partial charge < -0.3 is 9.47 Å². The van der Waals surface area contributed by atoms with E-state index in [1.165, 1.54) is 16.7 Å². The van der Waals surface area contributed by atoms with E-state index in [1.807, 2.05) is 24.3 Å². The highest BCUT2D eigenvalue weighted by Crippen LogP contribution is 2.37. The third kappa shape index (κ3) is 5.21. The summed E-state index contributed by atoms with van der Waals surface area (Å²) in [6.45, 7) is 0.623. The molecule has 28 heavy (non-hydrogen) atoms. The molecule has 0 atom stereocenters. The van der Waals surface area contributed by atoms with Gasteiger partial charge in [-0.05, 0) is 48.0 Å². The van der Waals surface area contributed by atoms with Gasteiger partial charge in [-0.25, -0.2) is 0 Å². The number of ether oxygens (including phenoxy) is 2. The van der Waals surface area contributed by atoms with Crippen molar-refractivity contribution < 1.29 is 14.3 Å². The van der Waals surface area contributed by atoms with Crippen molar-refractivity contribution in [3.8, 4) is 11.5 Å². The minimum absolute atomic E-state index is 0.146. The molecule has 0 radical (unpaired) electrons. The van der Waals surface area contributed by atoms with Crippen LogP contribution in [0.25, 0.3) is 6.08 Å². The number of halogens is 3. The number of hydrogen-bond donors (Lipinski definition) is 0. The molecule has 0 unspecified atom stereocenters. The minimum Gasteiger partial charge on any atom is -0.490 e. The second-order valence-corrected chi connectivity index (χ2v) is 9.11. The Morgan fingerprint density at radius 2 is 1.75 bits per heavy atom. The maximum Gasteiger partial charge on any atom is 0.265 e. The molecule has 1 saturated heterocycles. The molecule has 1 aliphatic rings. The van der Waals surface area contributed by atoms with Crippen molar-refractivity contribution in [1.29, 1.82) is 0 Å². The Kier molecular flexibility index (Phi) is 7.28. The molecule has 2 aromatic rings. The summed E-state index contributed by atoms with van der Waals surface area (Å²) >= 11 is 22.4. The summed E-state index contributed by atoms with van der Waals surface area (Å²) in [6, 6.07) is 10.9. The van der Waals surface area contributed by atoms with Crippen molar-refractivity contribution in [2.45, 2.75) is 0 Å². The zero-order valence-corrected chi connectivity index (χ0v) is 19.3. The van der Waals surface area contributed by atoms with E-state index in [4.69, 9.17) is 44.9 Å². The first kappa shape index (κ1) is 21.5. The summed E-state index contributed by atoms with van der Waals surface area (Å²) < 4.78 is 12.8. The second-order valence-electron chi connectivity index (χ2n) is 5.71. The number of likely N-dealkylation sites (N-methyl/N-ethyl adjacent to an activating group) is 1. The van der Waals surface area contributed by atoms with Crippen LogP contribution in [-0.4, -0.2) is 35.4 Å². The zero-order valence-electron chi connectivity index (χ0n) is 14.6. The first-order chi connectivity index (χ1) is 13.3. The molecule has 2 aromatic carbocycles. The molecule has 1 heterocycles. The molecule has 4 nitrogen and oxygen atoms in total. The molecule has 1 amide bonds. The highest BCUT2D eigenvalue weighted by atomic mass is 79.9. The molecule has 0 saturated carbocycles. The van der Waals surface area contributed by atoms with Gasteiger partial charge >= 0.3 is 0 Å². The average Bonchev–Trinajstić information content (AvgIpc) is 2.89. The van der Waals surface area contributed by atoms with E-state index < -0.39 is 0 Å². The lowest BCUT2D eigenvalue weighted by atomic mass is 10.2. The van der Waals surface area contributed by atoms with Crippen LogP contribution in [0, 0.1) is 0 Å². The molecule has 3 rings (SSSR count). The summed E-state index contributed by atoms with van der Waals surface area (Å²) in [4.78, 5) is 14.1. The van der Waals surface area contributed by atoms with Gasteiger partial charge in [0.2, 0.25) is 0 Å². The van der Waals surface area contributed by atoms with Crippen molar-refractivity contribution in [2.24, 2.45) is 0 Å². The minimum atomic E-state index is -0.146. The van der Waals surface area contributed by atoms with Crippen LogP contribution in [0.15, 0.2) is 45.8 Å². The van der Waals surface area contributed by atoms with Gasteiger partial charge in [0.25, 0.3) is 5.91 Å². The number of thiocarbonyl (C=S) groups is 1. The average molecular weight is 519 g/mol. The van der Waals surface area contributed by atoms with Gasteiger partial charge in [-0.3, -0.25) is 9.69 Å². The van der Waals surface area contributed by atoms with E-state index in [0.717, 1.165) is 10.2 Å². The third-order valence-corrected chi connectivity index (χ3v) is 6.29. The number of hydrogen-bond acceptors (Lipinski definition) is 5. The fraction of sp³-hybridized carbons (Fsp3) is 0.158. The number of nitrogens with zero attached hydrogens (tertiary/aromatic N) is 1. The van der Waals surface area contributed by atoms with E-state index in [9.17, 15) is 4.79 Å². The van der Waals surface area contributed by atoms with Crippen molar-refractivity contribution in [1.82, 2.24) is 4.90 Å². The molecule has 1 aliphatic heterocycles. The lowest BCUT2D eigenvalue weighted by molar-refractivity contribution is -0.121. The fourth-order valence-electron chi connectivity index (χ4n) is 2.33. The number of rotatable bonds is 6. The van der Waals surface area contributed by atoms with E-state index >= 15 is 0 Å². The van der Waals surface area contributed by atoms with Crippen LogP contribution in [0.5, 0.6) is 11.5 Å². The molecule has 0 spiro atoms. The number of carbonyl (C=O) groups is 1. The Morgan fingerprint density at radius 1 is 1.14 bits per heavy atom. The van der Waals surface area contributed by atoms with Crippen molar-refractivity contribution in [3.63, 3.8) is 0 Å². The highest BCUT2D eigenvalue weighted by molar-refractivity contribution is 9.10. The van der Waals surface area contributed by atoms with Gasteiger partial charge in [0.05, 0.1) is 15.0 Å². The number of carbonyl (C=O) groups excluding carboxylic acids is 1. The zero-order chi connectivity index (χ0) is 20.3. The summed E-state index contributed by atoms with van der Waals surface area (Å²) in [6.07, 6.45) is 1.71. The molecule has 9 heteroatoms. The van der Waals surface area contributed by atoms with Crippen LogP contribution < -0.4 is 9.47 Å². The van der Waals surface area contributed by atoms with Gasteiger partial charge in [-0.1, -0.05) is 63.1 Å². The molecule has 146 valence electrons. The summed E-state index contributed by atoms with van der Waals surface area (Å²) in [5.41, 5.74) is 0.697. The van der Waals surface area contributed by atoms with Crippen molar-refractivity contribution in [2.75, 3.05) is 20.3 Å². The maximum atomic E-state index is 12.1. The lowest BCUT2D eigenvalue weighted by Gasteiger charge is -2.12. The molecular formula is C19H14BrCl2NO3S2. The first-order valence-electron chi connectivity index (χ1n) is 8.07. The Bertz CT molecular complexity index is 928. The molecular weight excluding hydrogens is 505 g/mol. The highest BCUT2D eigenvalue weighted by Gasteiger charge is 2.28. The summed E-state index contributed by atoms with van der Waals surface area (Å²) in [5.74, 6) is 0.975. The number of thioether (sulfide) groups is 1. The number of benzene rings is 2. The van der Waals surface area contributed by atoms with Crippen molar-refractivity contribution >= 4 is 79.4 Å². The van der Waals surface area contributed by atoms with Crippen LogP contribution in [0.1, 0.15) is 5.56 Å². The van der Waals surface area contributed by atoms with Gasteiger partial charge in [-0.2, -0.15) is 0 Å². The monoisotopic (exact) mass is 517 g/mol. The molecule has 1 fully saturated rings. The maximum absolute atomic E-state index is 12.1. The summed E-state index contributed by atoms with van der Waals surface area (Å²) in [7, 11) is 1.64. The quantitative estimate of drug-likeness (QED) is 0.264. The Hall–Kier alpha value is -1.25. The van der Waals surface area contributed by atoms with Crippen LogP contribution in [0.2, 0.25) is 10.0 Å². The first-order valence-corrected chi connectivity index (χ1v) is 10.8. The SMILES string of the molecule is CN1C(=O)/C(=C/c2cc(Cl)c(OCCOc3ccc(Br)cc3)c(Cl)c2)SC1=S. The molecule has 0 bridgehead atoms. The summed E-state index contributed by atoms with van der Waals surface area (Å²) in [5, 5.41) is 0.712. The van der Waals surface area contributed by atoms with Gasteiger partial charge in [0, 0.05) is 11.5 Å². The Balaban J connectivity index is 1.63. The standard InChI is InChI=1S/C19H14BrCl2NO3S2/c1-23-18(24)16(28-19(23)27)10-11-8-14(21)17(15(22)9-11)26-7-6-25-13-4-2-12(20)3-5-13/h2-5,8-10H,6-7H2,1H3/b16-10-. The Morgan fingerprint density at radius 3 is 2.32 bits per heavy atom. The molecule has 0 N–H and O–H groups in total. The van der Waals surface area contributed by atoms with E-state index in [0.29, 0.717) is 37.2 Å². The molecule has 0 aliphatic carbocycles. The van der Waals surface area contributed by atoms with E-state index in [2.05, 4.69) is 15.9 Å². The van der Waals surface area contributed by atoms with Crippen LogP contribution in [0.3, 0.4) is 0 Å². The predicted molar refractivity (Wildman–Crippen MR) is 123 cm³/mol. The second kappa shape index (κ2) is 9.50. The van der Waals surface area contributed by atoms with Crippen LogP contribution >= 0.6 is 63.1 Å². The van der Waals surface area contributed by atoms with Gasteiger partial charge in [0.15, 0.2) is 5.75 Å². The smallest absolute Gasteiger partial charge is 0.265 e. The Labute approximate surface area is 190 Å². The van der Waals surface area contributed by atoms with Crippen molar-refractivity contribution in [3.05, 3.63) is 61.4 Å². The lowest BCUT2D eigenvalue weighted by Crippen LogP contribution is -2.22. The normalized spacial score (nSPS) is 15.4. The topological polar surface area (TPSA) is 38.8 Å². The largest absolute Gasteiger partial charge is 0.490 e. The molecule has 0 aromatic heterocycles. The third-order valence-electron chi connectivity index (χ3n) is 3.72. The number of amides is 1. The van der Waals surface area contributed by atoms with E-state index in [1.54, 1.807) is 25.3 Å². The van der Waals surface area contributed by atoms with E-state index in [-0.39, 0.29) is 12.5 Å². The van der Waals surface area contributed by atoms with Gasteiger partial charge in [-0.15, -0.1) is 0 Å². The van der Waals surface area contributed by atoms with Gasteiger partial charge in [0.1, 0.15) is 23.3 Å². The predicted octanol–water partition coefficient (Wildman–Crippen LogP) is 6.04. The van der Waals surface area contributed by atoms with Crippen LogP contribution in [0.4, 0.5) is 0 Å².